The first-order valence-electron chi connectivity index (χ1n) is 10.4. The normalized spacial score (nSPS) is 10.9. The molecule has 0 aromatic rings. The van der Waals surface area contributed by atoms with Gasteiger partial charge in [0.15, 0.2) is 0 Å². The summed E-state index contributed by atoms with van der Waals surface area (Å²) in [4.78, 5) is 22.9. The molecule has 0 unspecified atom stereocenters. The van der Waals surface area contributed by atoms with Crippen LogP contribution in [0.5, 0.6) is 0 Å². The summed E-state index contributed by atoms with van der Waals surface area (Å²) in [5.41, 5.74) is 0. The van der Waals surface area contributed by atoms with Crippen LogP contribution in [-0.4, -0.2) is 38.4 Å². The van der Waals surface area contributed by atoms with E-state index in [1.165, 1.54) is 44.9 Å². The summed E-state index contributed by atoms with van der Waals surface area (Å²) in [6.07, 6.45) is 12.9. The van der Waals surface area contributed by atoms with Gasteiger partial charge in [-0.15, -0.1) is 0 Å². The molecule has 0 atom stereocenters. The fourth-order valence-corrected chi connectivity index (χ4v) is 2.58. The van der Waals surface area contributed by atoms with Crippen molar-refractivity contribution in [3.63, 3.8) is 0 Å². The van der Waals surface area contributed by atoms with Gasteiger partial charge in [-0.2, -0.15) is 0 Å². The molecule has 0 aromatic carbocycles. The quantitative estimate of drug-likeness (QED) is 0.249. The average molecular weight is 373 g/mol. The molecule has 0 rings (SSSR count). The van der Waals surface area contributed by atoms with Crippen LogP contribution in [0.4, 0.5) is 0 Å². The van der Waals surface area contributed by atoms with Crippen molar-refractivity contribution < 1.29 is 23.8 Å². The summed E-state index contributed by atoms with van der Waals surface area (Å²) in [5, 5.41) is 0. The van der Waals surface area contributed by atoms with Crippen LogP contribution >= 0.6 is 0 Å². The Labute approximate surface area is 160 Å². The van der Waals surface area contributed by atoms with Crippen molar-refractivity contribution in [3.05, 3.63) is 0 Å². The van der Waals surface area contributed by atoms with E-state index in [-0.39, 0.29) is 13.2 Å². The van der Waals surface area contributed by atoms with Gasteiger partial charge in [0.1, 0.15) is 13.2 Å². The highest BCUT2D eigenvalue weighted by Crippen LogP contribution is 2.09. The Morgan fingerprint density at radius 2 is 1.15 bits per heavy atom. The van der Waals surface area contributed by atoms with Crippen LogP contribution < -0.4 is 0 Å². The fraction of sp³-hybridized carbons (Fsp3) is 0.905. The summed E-state index contributed by atoms with van der Waals surface area (Å²) in [6, 6.07) is 0. The van der Waals surface area contributed by atoms with E-state index in [4.69, 9.17) is 14.2 Å². The minimum Gasteiger partial charge on any atom is -0.464 e. The van der Waals surface area contributed by atoms with Crippen molar-refractivity contribution in [2.45, 2.75) is 91.4 Å². The molecule has 0 saturated heterocycles. The first-order chi connectivity index (χ1) is 12.6. The van der Waals surface area contributed by atoms with E-state index in [1.807, 2.05) is 0 Å². The van der Waals surface area contributed by atoms with Gasteiger partial charge in [-0.25, -0.2) is 9.59 Å². The van der Waals surface area contributed by atoms with Crippen LogP contribution in [0.2, 0.25) is 0 Å². The minimum absolute atomic E-state index is 0.196. The van der Waals surface area contributed by atoms with Crippen LogP contribution in [0, 0.1) is 5.92 Å². The van der Waals surface area contributed by atoms with Crippen LogP contribution in [0.15, 0.2) is 0 Å². The number of rotatable bonds is 18. The highest BCUT2D eigenvalue weighted by Gasteiger charge is 2.07. The van der Waals surface area contributed by atoms with Crippen LogP contribution in [-0.2, 0) is 23.8 Å². The predicted molar refractivity (Wildman–Crippen MR) is 104 cm³/mol. The van der Waals surface area contributed by atoms with Gasteiger partial charge in [0.25, 0.3) is 0 Å². The van der Waals surface area contributed by atoms with Crippen LogP contribution in [0.1, 0.15) is 91.4 Å². The third kappa shape index (κ3) is 19.2. The molecule has 0 aromatic heterocycles. The third-order valence-electron chi connectivity index (χ3n) is 4.14. The van der Waals surface area contributed by atoms with Gasteiger partial charge in [0, 0.05) is 0 Å². The molecule has 26 heavy (non-hydrogen) atoms. The molecule has 0 aliphatic rings. The molecule has 0 amide bonds. The Bertz CT molecular complexity index is 341. The number of ether oxygens (including phenoxy) is 3. The number of hydrogen-bond acceptors (Lipinski definition) is 5. The maximum atomic E-state index is 11.5. The van der Waals surface area contributed by atoms with Gasteiger partial charge < -0.3 is 14.2 Å². The van der Waals surface area contributed by atoms with Crippen LogP contribution in [0.3, 0.4) is 0 Å². The standard InChI is InChI=1S/C21H40O5/c1-4-5-6-7-8-9-10-11-12-15-25-20(22)17-24-18-21(23)26-16-13-14-19(2)3/h19H,4-18H2,1-3H3. The maximum absolute atomic E-state index is 11.5. The van der Waals surface area contributed by atoms with E-state index in [9.17, 15) is 9.59 Å². The van der Waals surface area contributed by atoms with Crippen LogP contribution in [0.25, 0.3) is 0 Å². The Balaban J connectivity index is 3.32. The van der Waals surface area contributed by atoms with Crippen molar-refractivity contribution in [1.29, 1.82) is 0 Å². The summed E-state index contributed by atoms with van der Waals surface area (Å²) < 4.78 is 15.1. The summed E-state index contributed by atoms with van der Waals surface area (Å²) in [7, 11) is 0. The van der Waals surface area contributed by atoms with E-state index in [0.717, 1.165) is 25.7 Å². The molecule has 0 spiro atoms. The van der Waals surface area contributed by atoms with Crippen molar-refractivity contribution in [3.8, 4) is 0 Å². The van der Waals surface area contributed by atoms with Gasteiger partial charge in [0.2, 0.25) is 0 Å². The highest BCUT2D eigenvalue weighted by atomic mass is 16.6. The Morgan fingerprint density at radius 3 is 1.65 bits per heavy atom. The molecule has 0 aliphatic carbocycles. The van der Waals surface area contributed by atoms with Gasteiger partial charge in [-0.1, -0.05) is 72.1 Å². The summed E-state index contributed by atoms with van der Waals surface area (Å²) >= 11 is 0. The van der Waals surface area contributed by atoms with E-state index in [0.29, 0.717) is 19.1 Å². The topological polar surface area (TPSA) is 61.8 Å². The second-order valence-electron chi connectivity index (χ2n) is 7.30. The number of carbonyl (C=O) groups excluding carboxylic acids is 2. The Morgan fingerprint density at radius 1 is 0.692 bits per heavy atom. The second kappa shape index (κ2) is 18.7. The molecule has 5 nitrogen and oxygen atoms in total. The predicted octanol–water partition coefficient (Wildman–Crippen LogP) is 5.06. The second-order valence-corrected chi connectivity index (χ2v) is 7.30. The molecular weight excluding hydrogens is 332 g/mol. The largest absolute Gasteiger partial charge is 0.464 e. The lowest BCUT2D eigenvalue weighted by Gasteiger charge is -2.07. The molecule has 0 saturated carbocycles. The lowest BCUT2D eigenvalue weighted by Crippen LogP contribution is -2.19. The molecule has 0 aliphatic heterocycles. The molecule has 5 heteroatoms. The Kier molecular flexibility index (Phi) is 17.9. The molecule has 0 radical (unpaired) electrons. The first kappa shape index (κ1) is 24.9. The van der Waals surface area contributed by atoms with Crippen molar-refractivity contribution in [1.82, 2.24) is 0 Å². The van der Waals surface area contributed by atoms with Gasteiger partial charge in [0.05, 0.1) is 13.2 Å². The SMILES string of the molecule is CCCCCCCCCCCOC(=O)COCC(=O)OCCCC(C)C. The van der Waals surface area contributed by atoms with Gasteiger partial charge in [-0.3, -0.25) is 0 Å². The van der Waals surface area contributed by atoms with E-state index in [2.05, 4.69) is 20.8 Å². The van der Waals surface area contributed by atoms with E-state index < -0.39 is 11.9 Å². The monoisotopic (exact) mass is 372 g/mol. The Hall–Kier alpha value is -1.10. The lowest BCUT2D eigenvalue weighted by atomic mass is 10.1. The third-order valence-corrected chi connectivity index (χ3v) is 4.14. The summed E-state index contributed by atoms with van der Waals surface area (Å²) in [5.74, 6) is -0.247. The smallest absolute Gasteiger partial charge is 0.332 e. The van der Waals surface area contributed by atoms with E-state index in [1.54, 1.807) is 0 Å². The minimum atomic E-state index is -0.430. The van der Waals surface area contributed by atoms with Crippen molar-refractivity contribution in [2.24, 2.45) is 5.92 Å². The van der Waals surface area contributed by atoms with Gasteiger partial charge >= 0.3 is 11.9 Å². The zero-order valence-electron chi connectivity index (χ0n) is 17.2. The fourth-order valence-electron chi connectivity index (χ4n) is 2.58. The molecule has 0 bridgehead atoms. The zero-order valence-corrected chi connectivity index (χ0v) is 17.2. The number of hydrogen-bond donors (Lipinski definition) is 0. The van der Waals surface area contributed by atoms with E-state index >= 15 is 0 Å². The number of carbonyl (C=O) groups is 2. The summed E-state index contributed by atoms with van der Waals surface area (Å²) in [6.45, 7) is 6.93. The van der Waals surface area contributed by atoms with Crippen molar-refractivity contribution in [2.75, 3.05) is 26.4 Å². The molecule has 0 fully saturated rings. The number of esters is 2. The molecule has 0 N–H and O–H groups in total. The maximum Gasteiger partial charge on any atom is 0.332 e. The van der Waals surface area contributed by atoms with Gasteiger partial charge in [-0.05, 0) is 25.2 Å². The average Bonchev–Trinajstić information content (AvgIpc) is 2.60. The molecule has 0 heterocycles. The zero-order chi connectivity index (χ0) is 19.5. The molecule has 154 valence electrons. The lowest BCUT2D eigenvalue weighted by molar-refractivity contribution is -0.155. The highest BCUT2D eigenvalue weighted by molar-refractivity contribution is 5.73. The molecular formula is C21H40O5. The first-order valence-corrected chi connectivity index (χ1v) is 10.4. The van der Waals surface area contributed by atoms with Crippen molar-refractivity contribution >= 4 is 11.9 Å². The number of unbranched alkanes of at least 4 members (excludes halogenated alkanes) is 8.